The van der Waals surface area contributed by atoms with Gasteiger partial charge in [0.15, 0.2) is 0 Å². The van der Waals surface area contributed by atoms with E-state index in [1.165, 1.54) is 30.5 Å². The second-order valence-electron chi connectivity index (χ2n) is 3.92. The second kappa shape index (κ2) is 5.18. The second-order valence-corrected chi connectivity index (χ2v) is 6.52. The Hall–Kier alpha value is -1.60. The maximum atomic E-state index is 12.1. The Balaban J connectivity index is 2.33. The van der Waals surface area contributed by atoms with E-state index in [2.05, 4.69) is 25.6 Å². The minimum Gasteiger partial charge on any atom is -0.508 e. The van der Waals surface area contributed by atoms with Crippen molar-refractivity contribution in [2.75, 3.05) is 4.72 Å². The molecule has 0 amide bonds. The molecule has 0 fully saturated rings. The number of nitrogens with one attached hydrogen (secondary N) is 1. The molecular weight excluding hydrogens is 332 g/mol. The normalized spacial score (nSPS) is 11.3. The predicted octanol–water partition coefficient (Wildman–Crippen LogP) is 2.66. The van der Waals surface area contributed by atoms with E-state index in [9.17, 15) is 8.42 Å². The predicted molar refractivity (Wildman–Crippen MR) is 75.6 cm³/mol. The number of aromatic nitrogens is 1. The summed E-state index contributed by atoms with van der Waals surface area (Å²) in [5.74, 6) is 0.285. The monoisotopic (exact) mass is 342 g/mol. The van der Waals surface area contributed by atoms with Gasteiger partial charge in [-0.1, -0.05) is 0 Å². The van der Waals surface area contributed by atoms with Crippen LogP contribution < -0.4 is 4.72 Å². The lowest BCUT2D eigenvalue weighted by molar-refractivity contribution is 0.475. The van der Waals surface area contributed by atoms with Crippen LogP contribution in [0.4, 0.5) is 5.82 Å². The van der Waals surface area contributed by atoms with Crippen LogP contribution >= 0.6 is 15.9 Å². The lowest BCUT2D eigenvalue weighted by Gasteiger charge is -2.09. The molecular formula is C12H11BrN2O3S. The Kier molecular flexibility index (Phi) is 3.77. The van der Waals surface area contributed by atoms with Crippen molar-refractivity contribution in [2.45, 2.75) is 11.8 Å². The van der Waals surface area contributed by atoms with Crippen molar-refractivity contribution < 1.29 is 13.5 Å². The molecule has 0 saturated heterocycles. The number of aromatic hydroxyl groups is 1. The van der Waals surface area contributed by atoms with Gasteiger partial charge in [-0.05, 0) is 58.7 Å². The first-order valence-corrected chi connectivity index (χ1v) is 7.60. The summed E-state index contributed by atoms with van der Waals surface area (Å²) in [6.07, 6.45) is 1.52. The number of halogens is 1. The van der Waals surface area contributed by atoms with Crippen molar-refractivity contribution in [2.24, 2.45) is 0 Å². The molecule has 1 aromatic heterocycles. The molecule has 0 radical (unpaired) electrons. The van der Waals surface area contributed by atoms with Crippen LogP contribution in [0, 0.1) is 6.92 Å². The number of sulfonamides is 1. The average Bonchev–Trinajstić information content (AvgIpc) is 2.33. The van der Waals surface area contributed by atoms with Crippen LogP contribution in [-0.4, -0.2) is 18.5 Å². The standard InChI is InChI=1S/C12H11BrN2O3S/c1-8-6-9(13)7-14-12(8)15-19(17,18)11-4-2-10(16)3-5-11/h2-7,16H,1H3,(H,14,15). The highest BCUT2D eigenvalue weighted by Crippen LogP contribution is 2.21. The minimum absolute atomic E-state index is 0.0110. The number of phenolic OH excluding ortho intramolecular Hbond substituents is 1. The van der Waals surface area contributed by atoms with Gasteiger partial charge in [0.2, 0.25) is 0 Å². The van der Waals surface area contributed by atoms with Gasteiger partial charge in [0.25, 0.3) is 10.0 Å². The fraction of sp³-hybridized carbons (Fsp3) is 0.0833. The van der Waals surface area contributed by atoms with Gasteiger partial charge < -0.3 is 5.11 Å². The maximum absolute atomic E-state index is 12.1. The highest BCUT2D eigenvalue weighted by Gasteiger charge is 2.15. The first-order valence-electron chi connectivity index (χ1n) is 5.32. The summed E-state index contributed by atoms with van der Waals surface area (Å²) in [7, 11) is -3.70. The van der Waals surface area contributed by atoms with E-state index >= 15 is 0 Å². The van der Waals surface area contributed by atoms with Crippen LogP contribution in [0.15, 0.2) is 45.9 Å². The zero-order valence-corrected chi connectivity index (χ0v) is 12.4. The molecule has 5 nitrogen and oxygen atoms in total. The topological polar surface area (TPSA) is 79.3 Å². The number of anilines is 1. The first-order chi connectivity index (χ1) is 8.88. The highest BCUT2D eigenvalue weighted by atomic mass is 79.9. The number of aryl methyl sites for hydroxylation is 1. The van der Waals surface area contributed by atoms with Gasteiger partial charge in [-0.15, -0.1) is 0 Å². The molecule has 0 aliphatic heterocycles. The summed E-state index contributed by atoms with van der Waals surface area (Å²) in [6.45, 7) is 1.76. The number of benzene rings is 1. The Labute approximate surface area is 119 Å². The molecule has 0 aliphatic rings. The van der Waals surface area contributed by atoms with Crippen LogP contribution in [0.25, 0.3) is 0 Å². The molecule has 0 atom stereocenters. The molecule has 2 N–H and O–H groups in total. The minimum atomic E-state index is -3.70. The smallest absolute Gasteiger partial charge is 0.263 e. The fourth-order valence-corrected chi connectivity index (χ4v) is 2.99. The van der Waals surface area contributed by atoms with E-state index in [-0.39, 0.29) is 16.5 Å². The zero-order valence-electron chi connectivity index (χ0n) is 9.96. The Bertz CT molecular complexity index is 699. The molecule has 100 valence electrons. The summed E-state index contributed by atoms with van der Waals surface area (Å²) < 4.78 is 27.4. The number of nitrogens with zero attached hydrogens (tertiary/aromatic N) is 1. The van der Waals surface area contributed by atoms with Crippen molar-refractivity contribution in [1.29, 1.82) is 0 Å². The molecule has 2 rings (SSSR count). The van der Waals surface area contributed by atoms with Gasteiger partial charge in [-0.2, -0.15) is 0 Å². The molecule has 0 saturated carbocycles. The summed E-state index contributed by atoms with van der Waals surface area (Å²) in [5.41, 5.74) is 0.705. The number of hydrogen-bond donors (Lipinski definition) is 2. The van der Waals surface area contributed by atoms with Crippen molar-refractivity contribution in [1.82, 2.24) is 4.98 Å². The van der Waals surface area contributed by atoms with Crippen molar-refractivity contribution >= 4 is 31.8 Å². The molecule has 19 heavy (non-hydrogen) atoms. The van der Waals surface area contributed by atoms with E-state index < -0.39 is 10.0 Å². The summed E-state index contributed by atoms with van der Waals surface area (Å²) in [4.78, 5) is 4.08. The summed E-state index contributed by atoms with van der Waals surface area (Å²) in [6, 6.07) is 7.05. The zero-order chi connectivity index (χ0) is 14.0. The number of hydrogen-bond acceptors (Lipinski definition) is 4. The van der Waals surface area contributed by atoms with Crippen molar-refractivity contribution in [3.63, 3.8) is 0 Å². The average molecular weight is 343 g/mol. The Morgan fingerprint density at radius 2 is 1.89 bits per heavy atom. The molecule has 1 aromatic carbocycles. The van der Waals surface area contributed by atoms with Crippen LogP contribution in [0.1, 0.15) is 5.56 Å². The lowest BCUT2D eigenvalue weighted by atomic mass is 10.3. The quantitative estimate of drug-likeness (QED) is 0.898. The molecule has 0 bridgehead atoms. The Morgan fingerprint density at radius 3 is 2.47 bits per heavy atom. The molecule has 7 heteroatoms. The Morgan fingerprint density at radius 1 is 1.26 bits per heavy atom. The first kappa shape index (κ1) is 13.8. The lowest BCUT2D eigenvalue weighted by Crippen LogP contribution is -2.14. The SMILES string of the molecule is Cc1cc(Br)cnc1NS(=O)(=O)c1ccc(O)cc1. The third-order valence-corrected chi connectivity index (χ3v) is 4.21. The van der Waals surface area contributed by atoms with Gasteiger partial charge in [0.05, 0.1) is 4.90 Å². The van der Waals surface area contributed by atoms with Gasteiger partial charge in [-0.25, -0.2) is 13.4 Å². The highest BCUT2D eigenvalue weighted by molar-refractivity contribution is 9.10. The van der Waals surface area contributed by atoms with Gasteiger partial charge in [0.1, 0.15) is 11.6 Å². The van der Waals surface area contributed by atoms with E-state index in [4.69, 9.17) is 5.11 Å². The molecule has 2 aromatic rings. The molecule has 0 aliphatic carbocycles. The van der Waals surface area contributed by atoms with E-state index in [1.807, 2.05) is 0 Å². The molecule has 0 unspecified atom stereocenters. The number of pyridine rings is 1. The van der Waals surface area contributed by atoms with E-state index in [0.717, 1.165) is 4.47 Å². The van der Waals surface area contributed by atoms with Crippen molar-refractivity contribution in [3.8, 4) is 5.75 Å². The third-order valence-electron chi connectivity index (χ3n) is 2.42. The van der Waals surface area contributed by atoms with E-state index in [0.29, 0.717) is 5.56 Å². The largest absolute Gasteiger partial charge is 0.508 e. The van der Waals surface area contributed by atoms with E-state index in [1.54, 1.807) is 13.0 Å². The number of phenols is 1. The fourth-order valence-electron chi connectivity index (χ4n) is 1.46. The van der Waals surface area contributed by atoms with Crippen LogP contribution in [-0.2, 0) is 10.0 Å². The van der Waals surface area contributed by atoms with Crippen molar-refractivity contribution in [3.05, 3.63) is 46.6 Å². The van der Waals surface area contributed by atoms with Crippen LogP contribution in [0.3, 0.4) is 0 Å². The summed E-state index contributed by atoms with van der Waals surface area (Å²) >= 11 is 3.26. The van der Waals surface area contributed by atoms with Gasteiger partial charge in [0, 0.05) is 10.7 Å². The van der Waals surface area contributed by atoms with Gasteiger partial charge >= 0.3 is 0 Å². The number of rotatable bonds is 3. The van der Waals surface area contributed by atoms with Crippen LogP contribution in [0.5, 0.6) is 5.75 Å². The summed E-state index contributed by atoms with van der Waals surface area (Å²) in [5, 5.41) is 9.15. The van der Waals surface area contributed by atoms with Gasteiger partial charge in [-0.3, -0.25) is 4.72 Å². The molecule has 0 spiro atoms. The molecule has 1 heterocycles. The maximum Gasteiger partial charge on any atom is 0.263 e. The van der Waals surface area contributed by atoms with Crippen LogP contribution in [0.2, 0.25) is 0 Å². The third kappa shape index (κ3) is 3.24.